The van der Waals surface area contributed by atoms with E-state index in [1.807, 2.05) is 12.1 Å². The van der Waals surface area contributed by atoms with Gasteiger partial charge in [-0.05, 0) is 48.1 Å². The zero-order valence-corrected chi connectivity index (χ0v) is 13.3. The third kappa shape index (κ3) is 2.65. The van der Waals surface area contributed by atoms with Crippen LogP contribution in [0.1, 0.15) is 42.5 Å². The number of carbonyl (C=O) groups excluding carboxylic acids is 1. The Morgan fingerprint density at radius 3 is 2.77 bits per heavy atom. The van der Waals surface area contributed by atoms with E-state index in [0.717, 1.165) is 36.0 Å². The van der Waals surface area contributed by atoms with Crippen molar-refractivity contribution in [2.24, 2.45) is 0 Å². The molecule has 2 amide bonds. The largest absolute Gasteiger partial charge is 0.465 e. The molecule has 1 aromatic rings. The highest BCUT2D eigenvalue weighted by molar-refractivity contribution is 6.30. The smallest absolute Gasteiger partial charge is 0.407 e. The van der Waals surface area contributed by atoms with Crippen molar-refractivity contribution in [1.29, 1.82) is 0 Å². The zero-order chi connectivity index (χ0) is 15.9. The summed E-state index contributed by atoms with van der Waals surface area (Å²) in [6, 6.07) is 3.66. The first kappa shape index (κ1) is 15.2. The van der Waals surface area contributed by atoms with Crippen LogP contribution in [0.5, 0.6) is 0 Å². The minimum Gasteiger partial charge on any atom is -0.465 e. The molecule has 1 atom stereocenters. The van der Waals surface area contributed by atoms with Crippen molar-refractivity contribution >= 4 is 23.6 Å². The van der Waals surface area contributed by atoms with Crippen molar-refractivity contribution in [2.45, 2.75) is 38.8 Å². The lowest BCUT2D eigenvalue weighted by Crippen LogP contribution is -2.36. The normalized spacial score (nSPS) is 20.9. The lowest BCUT2D eigenvalue weighted by Gasteiger charge is -2.32. The van der Waals surface area contributed by atoms with E-state index in [-0.39, 0.29) is 11.9 Å². The number of carbonyl (C=O) groups is 2. The monoisotopic (exact) mass is 322 g/mol. The summed E-state index contributed by atoms with van der Waals surface area (Å²) in [7, 11) is 0. The van der Waals surface area contributed by atoms with Gasteiger partial charge in [0, 0.05) is 31.6 Å². The molecule has 6 heteroatoms. The molecule has 0 saturated carbocycles. The molecular formula is C16H19ClN2O3. The summed E-state index contributed by atoms with van der Waals surface area (Å²) in [4.78, 5) is 26.4. The molecule has 3 rings (SSSR count). The number of hydrogen-bond donors (Lipinski definition) is 1. The number of halogens is 1. The minimum absolute atomic E-state index is 0.0491. The first-order chi connectivity index (χ1) is 10.5. The van der Waals surface area contributed by atoms with Crippen molar-refractivity contribution in [2.75, 3.05) is 13.1 Å². The third-order valence-corrected chi connectivity index (χ3v) is 4.86. The Labute approximate surface area is 134 Å². The van der Waals surface area contributed by atoms with Crippen LogP contribution in [-0.4, -0.2) is 40.0 Å². The van der Waals surface area contributed by atoms with E-state index in [9.17, 15) is 14.7 Å². The van der Waals surface area contributed by atoms with E-state index >= 15 is 0 Å². The number of nitrogens with zero attached hydrogens (tertiary/aromatic N) is 2. The summed E-state index contributed by atoms with van der Waals surface area (Å²) in [5, 5.41) is 10.0. The van der Waals surface area contributed by atoms with Crippen LogP contribution in [0.4, 0.5) is 4.79 Å². The fourth-order valence-corrected chi connectivity index (χ4v) is 3.79. The highest BCUT2D eigenvalue weighted by Gasteiger charge is 2.33. The van der Waals surface area contributed by atoms with Crippen LogP contribution in [0.3, 0.4) is 0 Å². The van der Waals surface area contributed by atoms with Gasteiger partial charge >= 0.3 is 6.09 Å². The summed E-state index contributed by atoms with van der Waals surface area (Å²) < 4.78 is 0. The molecule has 5 nitrogen and oxygen atoms in total. The Hall–Kier alpha value is -1.75. The van der Waals surface area contributed by atoms with Crippen LogP contribution in [0.2, 0.25) is 5.02 Å². The van der Waals surface area contributed by atoms with Crippen LogP contribution in [0.25, 0.3) is 0 Å². The molecule has 1 N–H and O–H groups in total. The summed E-state index contributed by atoms with van der Waals surface area (Å²) in [5.74, 6) is 0.0491. The van der Waals surface area contributed by atoms with Gasteiger partial charge in [-0.3, -0.25) is 4.79 Å². The molecule has 1 saturated heterocycles. The average Bonchev–Trinajstić information content (AvgIpc) is 2.95. The fourth-order valence-electron chi connectivity index (χ4n) is 3.54. The van der Waals surface area contributed by atoms with Crippen molar-refractivity contribution in [3.8, 4) is 0 Å². The first-order valence-corrected chi connectivity index (χ1v) is 7.91. The number of benzene rings is 1. The maximum Gasteiger partial charge on any atom is 0.407 e. The number of amides is 2. The van der Waals surface area contributed by atoms with E-state index in [0.29, 0.717) is 24.7 Å². The van der Waals surface area contributed by atoms with Crippen LogP contribution < -0.4 is 0 Å². The molecule has 22 heavy (non-hydrogen) atoms. The number of rotatable bonds is 1. The summed E-state index contributed by atoms with van der Waals surface area (Å²) >= 11 is 6.24. The van der Waals surface area contributed by atoms with E-state index in [2.05, 4.69) is 0 Å². The molecule has 0 aliphatic carbocycles. The summed E-state index contributed by atoms with van der Waals surface area (Å²) in [6.45, 7) is 3.36. The molecule has 2 heterocycles. The third-order valence-electron chi connectivity index (χ3n) is 4.64. The maximum absolute atomic E-state index is 11.7. The quantitative estimate of drug-likeness (QED) is 0.864. The van der Waals surface area contributed by atoms with E-state index < -0.39 is 6.09 Å². The SMILES string of the molecule is CC(=O)N1CCc2cc(Cl)cc(C3CCCN3C(=O)O)c2C1. The second-order valence-corrected chi connectivity index (χ2v) is 6.39. The lowest BCUT2D eigenvalue weighted by atomic mass is 9.90. The highest BCUT2D eigenvalue weighted by Crippen LogP contribution is 2.38. The molecule has 2 aliphatic rings. The van der Waals surface area contributed by atoms with Gasteiger partial charge in [0.2, 0.25) is 5.91 Å². The van der Waals surface area contributed by atoms with Gasteiger partial charge in [-0.1, -0.05) is 11.6 Å². The lowest BCUT2D eigenvalue weighted by molar-refractivity contribution is -0.129. The molecule has 0 spiro atoms. The van der Waals surface area contributed by atoms with Gasteiger partial charge in [-0.15, -0.1) is 0 Å². The number of fused-ring (bicyclic) bond motifs is 1. The van der Waals surface area contributed by atoms with Gasteiger partial charge < -0.3 is 14.9 Å². The molecule has 0 aromatic heterocycles. The van der Waals surface area contributed by atoms with E-state index in [4.69, 9.17) is 11.6 Å². The molecule has 1 fully saturated rings. The predicted octanol–water partition coefficient (Wildman–Crippen LogP) is 3.06. The van der Waals surface area contributed by atoms with Gasteiger partial charge in [0.15, 0.2) is 0 Å². The Bertz CT molecular complexity index is 632. The molecule has 1 aromatic carbocycles. The predicted molar refractivity (Wildman–Crippen MR) is 83.0 cm³/mol. The Kier molecular flexibility index (Phi) is 4.00. The second-order valence-electron chi connectivity index (χ2n) is 5.96. The molecule has 0 radical (unpaired) electrons. The van der Waals surface area contributed by atoms with Gasteiger partial charge in [0.25, 0.3) is 0 Å². The maximum atomic E-state index is 11.7. The van der Waals surface area contributed by atoms with Gasteiger partial charge in [-0.2, -0.15) is 0 Å². The second kappa shape index (κ2) is 5.80. The number of carboxylic acid groups (broad SMARTS) is 1. The molecular weight excluding hydrogens is 304 g/mol. The minimum atomic E-state index is -0.893. The van der Waals surface area contributed by atoms with E-state index in [1.54, 1.807) is 11.8 Å². The fraction of sp³-hybridized carbons (Fsp3) is 0.500. The van der Waals surface area contributed by atoms with Crippen LogP contribution >= 0.6 is 11.6 Å². The number of likely N-dealkylation sites (tertiary alicyclic amines) is 1. The van der Waals surface area contributed by atoms with Gasteiger partial charge in [0.1, 0.15) is 0 Å². The van der Waals surface area contributed by atoms with Gasteiger partial charge in [-0.25, -0.2) is 4.79 Å². The Balaban J connectivity index is 2.03. The summed E-state index contributed by atoms with van der Waals surface area (Å²) in [6.07, 6.45) is 1.53. The van der Waals surface area contributed by atoms with Crippen molar-refractivity contribution in [1.82, 2.24) is 9.80 Å². The average molecular weight is 323 g/mol. The van der Waals surface area contributed by atoms with Crippen molar-refractivity contribution in [3.63, 3.8) is 0 Å². The highest BCUT2D eigenvalue weighted by atomic mass is 35.5. The van der Waals surface area contributed by atoms with Crippen LogP contribution in [0, 0.1) is 0 Å². The molecule has 0 bridgehead atoms. The molecule has 118 valence electrons. The van der Waals surface area contributed by atoms with E-state index in [1.165, 1.54) is 4.90 Å². The molecule has 1 unspecified atom stereocenters. The number of hydrogen-bond acceptors (Lipinski definition) is 2. The standard InChI is InChI=1S/C16H19ClN2O3/c1-10(20)18-6-4-11-7-12(17)8-13(14(11)9-18)15-3-2-5-19(15)16(21)22/h7-8,15H,2-6,9H2,1H3,(H,21,22). The van der Waals surface area contributed by atoms with Crippen molar-refractivity contribution < 1.29 is 14.7 Å². The Morgan fingerprint density at radius 1 is 1.32 bits per heavy atom. The summed E-state index contributed by atoms with van der Waals surface area (Å²) in [5.41, 5.74) is 3.18. The zero-order valence-electron chi connectivity index (χ0n) is 12.5. The topological polar surface area (TPSA) is 60.9 Å². The van der Waals surface area contributed by atoms with Gasteiger partial charge in [0.05, 0.1) is 6.04 Å². The Morgan fingerprint density at radius 2 is 2.09 bits per heavy atom. The van der Waals surface area contributed by atoms with Crippen molar-refractivity contribution in [3.05, 3.63) is 33.8 Å². The molecule has 2 aliphatic heterocycles. The van der Waals surface area contributed by atoms with Crippen LogP contribution in [-0.2, 0) is 17.8 Å². The van der Waals surface area contributed by atoms with Crippen LogP contribution in [0.15, 0.2) is 12.1 Å². The first-order valence-electron chi connectivity index (χ1n) is 7.53.